The van der Waals surface area contributed by atoms with Crippen molar-refractivity contribution < 1.29 is 14.3 Å². The normalized spacial score (nSPS) is 17.1. The summed E-state index contributed by atoms with van der Waals surface area (Å²) >= 11 is 6.06. The Morgan fingerprint density at radius 2 is 2.11 bits per heavy atom. The number of carbonyl (C=O) groups is 1. The first-order chi connectivity index (χ1) is 9.08. The molecule has 5 heteroatoms. The third kappa shape index (κ3) is 3.61. The van der Waals surface area contributed by atoms with Gasteiger partial charge in [0.25, 0.3) is 5.91 Å². The Morgan fingerprint density at radius 1 is 1.42 bits per heavy atom. The van der Waals surface area contributed by atoms with E-state index in [1.165, 1.54) is 0 Å². The van der Waals surface area contributed by atoms with E-state index in [9.17, 15) is 4.79 Å². The number of hydrogen-bond donors (Lipinski definition) is 0. The van der Waals surface area contributed by atoms with E-state index in [1.807, 2.05) is 19.1 Å². The molecule has 2 rings (SSSR count). The first kappa shape index (κ1) is 14.2. The first-order valence-corrected chi connectivity index (χ1v) is 6.75. The van der Waals surface area contributed by atoms with Crippen molar-refractivity contribution in [2.24, 2.45) is 0 Å². The second-order valence-electron chi connectivity index (χ2n) is 4.63. The minimum Gasteiger partial charge on any atom is -0.479 e. The highest BCUT2D eigenvalue weighted by Gasteiger charge is 2.24. The van der Waals surface area contributed by atoms with Gasteiger partial charge in [-0.15, -0.1) is 0 Å². The molecular formula is C14H18ClNO3. The van der Waals surface area contributed by atoms with Gasteiger partial charge in [0.1, 0.15) is 5.75 Å². The molecule has 1 aromatic carbocycles. The molecule has 0 aromatic heterocycles. The largest absolute Gasteiger partial charge is 0.479 e. The topological polar surface area (TPSA) is 38.8 Å². The number of nitrogens with zero attached hydrogens (tertiary/aromatic N) is 1. The van der Waals surface area contributed by atoms with Gasteiger partial charge in [-0.2, -0.15) is 0 Å². The van der Waals surface area contributed by atoms with E-state index in [-0.39, 0.29) is 5.91 Å². The Kier molecular flexibility index (Phi) is 4.66. The lowest BCUT2D eigenvalue weighted by molar-refractivity contribution is -0.142. The van der Waals surface area contributed by atoms with E-state index in [4.69, 9.17) is 21.1 Å². The zero-order valence-corrected chi connectivity index (χ0v) is 11.9. The molecular weight excluding hydrogens is 266 g/mol. The minimum absolute atomic E-state index is 0.0270. The van der Waals surface area contributed by atoms with Gasteiger partial charge in [-0.25, -0.2) is 0 Å². The van der Waals surface area contributed by atoms with Crippen LogP contribution in [-0.4, -0.2) is 43.2 Å². The molecule has 0 N–H and O–H groups in total. The van der Waals surface area contributed by atoms with Crippen molar-refractivity contribution in [1.29, 1.82) is 0 Å². The van der Waals surface area contributed by atoms with E-state index in [2.05, 4.69) is 0 Å². The average Bonchev–Trinajstić information content (AvgIpc) is 2.43. The van der Waals surface area contributed by atoms with Crippen LogP contribution in [0.5, 0.6) is 5.75 Å². The first-order valence-electron chi connectivity index (χ1n) is 6.37. The monoisotopic (exact) mass is 283 g/mol. The summed E-state index contributed by atoms with van der Waals surface area (Å²) < 4.78 is 10.9. The standard InChI is InChI=1S/C14H18ClNO3/c1-10-3-4-12(15)13(9-10)19-11(2)14(17)16-5-7-18-8-6-16/h3-4,9,11H,5-8H2,1-2H3. The molecule has 19 heavy (non-hydrogen) atoms. The maximum absolute atomic E-state index is 12.2. The zero-order valence-electron chi connectivity index (χ0n) is 11.2. The molecule has 0 spiro atoms. The maximum atomic E-state index is 12.2. The minimum atomic E-state index is -0.544. The lowest BCUT2D eigenvalue weighted by Crippen LogP contribution is -2.46. The number of halogens is 1. The van der Waals surface area contributed by atoms with Gasteiger partial charge >= 0.3 is 0 Å². The van der Waals surface area contributed by atoms with Crippen molar-refractivity contribution in [2.45, 2.75) is 20.0 Å². The molecule has 4 nitrogen and oxygen atoms in total. The van der Waals surface area contributed by atoms with Gasteiger partial charge in [-0.3, -0.25) is 4.79 Å². The Balaban J connectivity index is 2.01. The Hall–Kier alpha value is -1.26. The number of benzene rings is 1. The van der Waals surface area contributed by atoms with E-state index in [0.29, 0.717) is 37.1 Å². The van der Waals surface area contributed by atoms with Crippen LogP contribution in [-0.2, 0) is 9.53 Å². The molecule has 1 aliphatic heterocycles. The van der Waals surface area contributed by atoms with Crippen LogP contribution in [0.2, 0.25) is 5.02 Å². The lowest BCUT2D eigenvalue weighted by Gasteiger charge is -2.29. The number of ether oxygens (including phenoxy) is 2. The average molecular weight is 284 g/mol. The third-order valence-corrected chi connectivity index (χ3v) is 3.37. The maximum Gasteiger partial charge on any atom is 0.263 e. The van der Waals surface area contributed by atoms with E-state index >= 15 is 0 Å². The highest BCUT2D eigenvalue weighted by molar-refractivity contribution is 6.32. The quantitative estimate of drug-likeness (QED) is 0.854. The van der Waals surface area contributed by atoms with Gasteiger partial charge < -0.3 is 14.4 Å². The molecule has 1 atom stereocenters. The van der Waals surface area contributed by atoms with Crippen LogP contribution in [0, 0.1) is 6.92 Å². The van der Waals surface area contributed by atoms with Gasteiger partial charge in [0.2, 0.25) is 0 Å². The number of hydrogen-bond acceptors (Lipinski definition) is 3. The van der Waals surface area contributed by atoms with E-state index in [0.717, 1.165) is 5.56 Å². The molecule has 104 valence electrons. The summed E-state index contributed by atoms with van der Waals surface area (Å²) in [4.78, 5) is 14.0. The summed E-state index contributed by atoms with van der Waals surface area (Å²) in [6, 6.07) is 5.52. The highest BCUT2D eigenvalue weighted by atomic mass is 35.5. The van der Waals surface area contributed by atoms with Crippen molar-refractivity contribution in [3.63, 3.8) is 0 Å². The lowest BCUT2D eigenvalue weighted by atomic mass is 10.2. The number of amides is 1. The van der Waals surface area contributed by atoms with Crippen LogP contribution in [0.15, 0.2) is 18.2 Å². The van der Waals surface area contributed by atoms with Gasteiger partial charge in [0.15, 0.2) is 6.10 Å². The summed E-state index contributed by atoms with van der Waals surface area (Å²) in [7, 11) is 0. The fourth-order valence-corrected chi connectivity index (χ4v) is 2.14. The van der Waals surface area contributed by atoms with Crippen molar-refractivity contribution in [1.82, 2.24) is 4.90 Å². The molecule has 1 heterocycles. The predicted molar refractivity (Wildman–Crippen MR) is 73.7 cm³/mol. The van der Waals surface area contributed by atoms with Crippen LogP contribution < -0.4 is 4.74 Å². The van der Waals surface area contributed by atoms with E-state index < -0.39 is 6.10 Å². The third-order valence-electron chi connectivity index (χ3n) is 3.06. The fraction of sp³-hybridized carbons (Fsp3) is 0.500. The molecule has 0 bridgehead atoms. The number of aryl methyl sites for hydroxylation is 1. The molecule has 0 saturated carbocycles. The Bertz CT molecular complexity index is 458. The Morgan fingerprint density at radius 3 is 2.79 bits per heavy atom. The van der Waals surface area contributed by atoms with Gasteiger partial charge in [-0.1, -0.05) is 17.7 Å². The van der Waals surface area contributed by atoms with E-state index in [1.54, 1.807) is 17.9 Å². The van der Waals surface area contributed by atoms with Crippen LogP contribution in [0.3, 0.4) is 0 Å². The Labute approximate surface area is 118 Å². The molecule has 1 aliphatic rings. The van der Waals surface area contributed by atoms with Gasteiger partial charge in [0, 0.05) is 13.1 Å². The number of morpholine rings is 1. The highest BCUT2D eigenvalue weighted by Crippen LogP contribution is 2.26. The second kappa shape index (κ2) is 6.26. The number of carbonyl (C=O) groups excluding carboxylic acids is 1. The number of rotatable bonds is 3. The summed E-state index contributed by atoms with van der Waals surface area (Å²) in [5.41, 5.74) is 1.05. The summed E-state index contributed by atoms with van der Waals surface area (Å²) in [5, 5.41) is 0.521. The molecule has 1 saturated heterocycles. The second-order valence-corrected chi connectivity index (χ2v) is 5.04. The predicted octanol–water partition coefficient (Wildman–Crippen LogP) is 2.27. The van der Waals surface area contributed by atoms with Crippen molar-refractivity contribution in [2.75, 3.05) is 26.3 Å². The molecule has 1 unspecified atom stereocenters. The fourth-order valence-electron chi connectivity index (χ4n) is 1.98. The van der Waals surface area contributed by atoms with Crippen LogP contribution in [0.4, 0.5) is 0 Å². The SMILES string of the molecule is Cc1ccc(Cl)c(OC(C)C(=O)N2CCOCC2)c1. The zero-order chi connectivity index (χ0) is 13.8. The van der Waals surface area contributed by atoms with Gasteiger partial charge in [0.05, 0.1) is 18.2 Å². The van der Waals surface area contributed by atoms with Crippen molar-refractivity contribution >= 4 is 17.5 Å². The molecule has 0 aliphatic carbocycles. The smallest absolute Gasteiger partial charge is 0.263 e. The molecule has 1 amide bonds. The van der Waals surface area contributed by atoms with Gasteiger partial charge in [-0.05, 0) is 31.5 Å². The summed E-state index contributed by atoms with van der Waals surface area (Å²) in [6.07, 6.45) is -0.544. The van der Waals surface area contributed by atoms with Crippen molar-refractivity contribution in [3.8, 4) is 5.75 Å². The molecule has 1 fully saturated rings. The van der Waals surface area contributed by atoms with Crippen LogP contribution >= 0.6 is 11.6 Å². The summed E-state index contributed by atoms with van der Waals surface area (Å²) in [6.45, 7) is 6.11. The van der Waals surface area contributed by atoms with Crippen LogP contribution in [0.25, 0.3) is 0 Å². The summed E-state index contributed by atoms with van der Waals surface area (Å²) in [5.74, 6) is 0.525. The molecule has 0 radical (unpaired) electrons. The van der Waals surface area contributed by atoms with Crippen LogP contribution in [0.1, 0.15) is 12.5 Å². The molecule has 1 aromatic rings. The van der Waals surface area contributed by atoms with Crippen molar-refractivity contribution in [3.05, 3.63) is 28.8 Å².